The molecule has 2 aliphatic rings. The van der Waals surface area contributed by atoms with E-state index in [-0.39, 0.29) is 16.7 Å². The van der Waals surface area contributed by atoms with Gasteiger partial charge in [-0.2, -0.15) is 0 Å². The molecule has 1 saturated heterocycles. The summed E-state index contributed by atoms with van der Waals surface area (Å²) in [6, 6.07) is 6.23. The molecule has 7 heteroatoms. The van der Waals surface area contributed by atoms with Crippen LogP contribution in [0.25, 0.3) is 11.1 Å². The summed E-state index contributed by atoms with van der Waals surface area (Å²) in [5, 5.41) is 0.574. The molecule has 1 amide bonds. The van der Waals surface area contributed by atoms with Gasteiger partial charge < -0.3 is 13.7 Å². The molecular weight excluding hydrogens is 398 g/mol. The topological polar surface area (TPSA) is 72.4 Å². The summed E-state index contributed by atoms with van der Waals surface area (Å²) < 4.78 is 11.4. The van der Waals surface area contributed by atoms with Gasteiger partial charge in [-0.1, -0.05) is 38.6 Å². The molecule has 2 aromatic heterocycles. The fraction of sp³-hybridized carbons (Fsp3) is 0.522. The minimum Gasteiger partial charge on any atom is -0.447 e. The Morgan fingerprint density at radius 3 is 2.93 bits per heavy atom. The highest BCUT2D eigenvalue weighted by atomic mass is 32.2. The van der Waals surface area contributed by atoms with Crippen LogP contribution < -0.4 is 0 Å². The van der Waals surface area contributed by atoms with Crippen molar-refractivity contribution in [1.29, 1.82) is 0 Å². The maximum absolute atomic E-state index is 13.1. The minimum absolute atomic E-state index is 0.0150. The zero-order valence-electron chi connectivity index (χ0n) is 17.9. The van der Waals surface area contributed by atoms with Gasteiger partial charge in [0.2, 0.25) is 5.89 Å². The first-order chi connectivity index (χ1) is 14.2. The van der Waals surface area contributed by atoms with E-state index in [0.717, 1.165) is 42.5 Å². The largest absolute Gasteiger partial charge is 0.447 e. The third-order valence-corrected chi connectivity index (χ3v) is 7.10. The van der Waals surface area contributed by atoms with Gasteiger partial charge in [-0.3, -0.25) is 4.79 Å². The first-order valence-corrected chi connectivity index (χ1v) is 11.4. The van der Waals surface area contributed by atoms with E-state index in [9.17, 15) is 4.79 Å². The van der Waals surface area contributed by atoms with Gasteiger partial charge in [0.1, 0.15) is 11.8 Å². The summed E-state index contributed by atoms with van der Waals surface area (Å²) in [4.78, 5) is 24.1. The lowest BCUT2D eigenvalue weighted by Crippen LogP contribution is -2.37. The lowest BCUT2D eigenvalue weighted by atomic mass is 9.65. The average Bonchev–Trinajstić information content (AvgIpc) is 3.33. The summed E-state index contributed by atoms with van der Waals surface area (Å²) in [5.74, 6) is 0.960. The van der Waals surface area contributed by atoms with E-state index in [1.54, 1.807) is 0 Å². The van der Waals surface area contributed by atoms with Crippen molar-refractivity contribution in [3.8, 4) is 0 Å². The lowest BCUT2D eigenvalue weighted by Gasteiger charge is -2.39. The van der Waals surface area contributed by atoms with Crippen molar-refractivity contribution in [3.63, 3.8) is 0 Å². The number of benzene rings is 1. The summed E-state index contributed by atoms with van der Waals surface area (Å²) in [7, 11) is 0. The van der Waals surface area contributed by atoms with Crippen LogP contribution in [-0.2, 0) is 5.75 Å². The van der Waals surface area contributed by atoms with Crippen molar-refractivity contribution in [2.24, 2.45) is 10.8 Å². The quantitative estimate of drug-likeness (QED) is 0.517. The Morgan fingerprint density at radius 2 is 2.10 bits per heavy atom. The molecule has 0 spiro atoms. The molecule has 2 atom stereocenters. The molecule has 1 aliphatic heterocycles. The number of aryl methyl sites for hydroxylation is 1. The van der Waals surface area contributed by atoms with Crippen LogP contribution in [0.15, 0.2) is 38.5 Å². The lowest BCUT2D eigenvalue weighted by molar-refractivity contribution is 0.0702. The fourth-order valence-electron chi connectivity index (χ4n) is 5.52. The molecule has 3 heterocycles. The Labute approximate surface area is 180 Å². The predicted molar refractivity (Wildman–Crippen MR) is 115 cm³/mol. The van der Waals surface area contributed by atoms with Crippen LogP contribution in [0.5, 0.6) is 0 Å². The molecule has 5 rings (SSSR count). The number of aromatic nitrogens is 2. The van der Waals surface area contributed by atoms with Gasteiger partial charge in [0.05, 0.1) is 5.75 Å². The van der Waals surface area contributed by atoms with Crippen molar-refractivity contribution in [2.45, 2.75) is 64.0 Å². The van der Waals surface area contributed by atoms with Gasteiger partial charge in [-0.05, 0) is 54.7 Å². The maximum atomic E-state index is 13.1. The summed E-state index contributed by atoms with van der Waals surface area (Å²) >= 11 is 1.42. The number of carbonyl (C=O) groups excluding carboxylic acids is 1. The van der Waals surface area contributed by atoms with Crippen LogP contribution in [0.4, 0.5) is 0 Å². The molecule has 1 aliphatic carbocycles. The van der Waals surface area contributed by atoms with Crippen LogP contribution in [0, 0.1) is 17.8 Å². The van der Waals surface area contributed by atoms with E-state index in [1.165, 1.54) is 18.0 Å². The summed E-state index contributed by atoms with van der Waals surface area (Å²) in [5.41, 5.74) is 3.63. The molecule has 1 saturated carbocycles. The maximum Gasteiger partial charge on any atom is 0.276 e. The van der Waals surface area contributed by atoms with Crippen molar-refractivity contribution in [3.05, 3.63) is 41.6 Å². The third-order valence-electron chi connectivity index (χ3n) is 6.29. The second kappa shape index (κ2) is 6.87. The molecule has 6 nitrogen and oxygen atoms in total. The highest BCUT2D eigenvalue weighted by Crippen LogP contribution is 2.52. The first kappa shape index (κ1) is 19.7. The zero-order chi connectivity index (χ0) is 21.1. The number of carbonyl (C=O) groups is 1. The number of thioether (sulfide) groups is 1. The standard InChI is InChI=1S/C23H27N3O3S/c1-14-5-6-18-16(7-14)25-21(29-18)30-11-19-24-17(10-28-19)20(27)26-13-23(4)9-15(26)8-22(2,3)12-23/h5-7,10,15H,8-9,11-13H2,1-4H3. The van der Waals surface area contributed by atoms with Gasteiger partial charge in [0, 0.05) is 12.6 Å². The Morgan fingerprint density at radius 1 is 1.27 bits per heavy atom. The third kappa shape index (κ3) is 3.64. The Balaban J connectivity index is 1.26. The Kier molecular flexibility index (Phi) is 4.51. The number of rotatable bonds is 4. The second-order valence-electron chi connectivity index (χ2n) is 10.0. The van der Waals surface area contributed by atoms with E-state index in [4.69, 9.17) is 8.83 Å². The van der Waals surface area contributed by atoms with Gasteiger partial charge in [0.25, 0.3) is 11.1 Å². The molecule has 0 N–H and O–H groups in total. The van der Waals surface area contributed by atoms with Gasteiger partial charge in [0.15, 0.2) is 11.3 Å². The first-order valence-electron chi connectivity index (χ1n) is 10.5. The molecule has 30 heavy (non-hydrogen) atoms. The molecule has 158 valence electrons. The summed E-state index contributed by atoms with van der Waals surface area (Å²) in [6.45, 7) is 9.76. The molecule has 2 fully saturated rings. The number of likely N-dealkylation sites (tertiary alicyclic amines) is 1. The van der Waals surface area contributed by atoms with Crippen LogP contribution in [0.1, 0.15) is 62.0 Å². The van der Waals surface area contributed by atoms with Gasteiger partial charge in [-0.25, -0.2) is 9.97 Å². The van der Waals surface area contributed by atoms with E-state index >= 15 is 0 Å². The number of hydrogen-bond donors (Lipinski definition) is 0. The molecular formula is C23H27N3O3S. The highest BCUT2D eigenvalue weighted by Gasteiger charge is 2.51. The Bertz CT molecular complexity index is 1120. The van der Waals surface area contributed by atoms with E-state index in [1.807, 2.05) is 30.0 Å². The number of amides is 1. The van der Waals surface area contributed by atoms with Gasteiger partial charge >= 0.3 is 0 Å². The monoisotopic (exact) mass is 425 g/mol. The molecule has 0 radical (unpaired) electrons. The number of oxazole rings is 2. The normalized spacial score (nSPS) is 25.2. The van der Waals surface area contributed by atoms with Crippen molar-refractivity contribution in [2.75, 3.05) is 6.54 Å². The highest BCUT2D eigenvalue weighted by molar-refractivity contribution is 7.98. The molecule has 3 aromatic rings. The minimum atomic E-state index is -0.0150. The van der Waals surface area contributed by atoms with Crippen molar-refractivity contribution >= 4 is 28.8 Å². The number of nitrogens with zero attached hydrogens (tertiary/aromatic N) is 3. The van der Waals surface area contributed by atoms with Crippen LogP contribution in [0.2, 0.25) is 0 Å². The van der Waals surface area contributed by atoms with Crippen LogP contribution in [-0.4, -0.2) is 33.4 Å². The number of hydrogen-bond acceptors (Lipinski definition) is 6. The van der Waals surface area contributed by atoms with Crippen molar-refractivity contribution in [1.82, 2.24) is 14.9 Å². The number of fused-ring (bicyclic) bond motifs is 3. The second-order valence-corrected chi connectivity index (χ2v) is 10.9. The zero-order valence-corrected chi connectivity index (χ0v) is 18.7. The fourth-order valence-corrected chi connectivity index (χ4v) is 6.21. The van der Waals surface area contributed by atoms with E-state index in [2.05, 4.69) is 30.7 Å². The van der Waals surface area contributed by atoms with Crippen LogP contribution in [0.3, 0.4) is 0 Å². The predicted octanol–water partition coefficient (Wildman–Crippen LogP) is 5.46. The molecule has 2 unspecified atom stereocenters. The van der Waals surface area contributed by atoms with E-state index < -0.39 is 0 Å². The van der Waals surface area contributed by atoms with E-state index in [0.29, 0.717) is 28.6 Å². The van der Waals surface area contributed by atoms with Crippen molar-refractivity contribution < 1.29 is 13.6 Å². The SMILES string of the molecule is Cc1ccc2oc(SCc3nc(C(=O)N4CC5(C)CC4CC(C)(C)C5)co3)nc2c1. The average molecular weight is 426 g/mol. The summed E-state index contributed by atoms with van der Waals surface area (Å²) in [6.07, 6.45) is 4.78. The Hall–Kier alpha value is -2.28. The smallest absolute Gasteiger partial charge is 0.276 e. The van der Waals surface area contributed by atoms with Crippen LogP contribution >= 0.6 is 11.8 Å². The molecule has 2 bridgehead atoms. The molecule has 1 aromatic carbocycles. The van der Waals surface area contributed by atoms with Gasteiger partial charge in [-0.15, -0.1) is 0 Å².